The van der Waals surface area contributed by atoms with Crippen molar-refractivity contribution < 1.29 is 14.7 Å². The van der Waals surface area contributed by atoms with Gasteiger partial charge in [-0.15, -0.1) is 12.4 Å². The third-order valence-electron chi connectivity index (χ3n) is 4.77. The zero-order valence-corrected chi connectivity index (χ0v) is 14.6. The fraction of sp³-hybridized carbons (Fsp3) is 0.529. The minimum Gasteiger partial charge on any atom is -0.480 e. The van der Waals surface area contributed by atoms with E-state index in [2.05, 4.69) is 16.3 Å². The quantitative estimate of drug-likeness (QED) is 0.830. The van der Waals surface area contributed by atoms with Crippen molar-refractivity contribution in [2.45, 2.75) is 25.3 Å². The van der Waals surface area contributed by atoms with Crippen LogP contribution in [0.4, 0.5) is 5.69 Å². The number of halogens is 1. The highest BCUT2D eigenvalue weighted by atomic mass is 35.5. The van der Waals surface area contributed by atoms with Crippen LogP contribution >= 0.6 is 12.4 Å². The first-order valence-corrected chi connectivity index (χ1v) is 8.04. The van der Waals surface area contributed by atoms with E-state index < -0.39 is 5.97 Å². The molecule has 0 bridgehead atoms. The van der Waals surface area contributed by atoms with Crippen molar-refractivity contribution >= 4 is 30.0 Å². The summed E-state index contributed by atoms with van der Waals surface area (Å²) in [4.78, 5) is 27.3. The number of fused-ring (bicyclic) bond motifs is 1. The molecule has 0 spiro atoms. The molecule has 1 unspecified atom stereocenters. The van der Waals surface area contributed by atoms with Crippen molar-refractivity contribution in [1.82, 2.24) is 10.2 Å². The molecule has 0 aromatic heterocycles. The molecular weight excluding hydrogens is 330 g/mol. The lowest BCUT2D eigenvalue weighted by molar-refractivity contribution is -0.136. The fourth-order valence-electron chi connectivity index (χ4n) is 3.50. The number of hydrogen-bond donors (Lipinski definition) is 2. The van der Waals surface area contributed by atoms with Crippen LogP contribution in [-0.4, -0.2) is 60.1 Å². The number of hydrogen-bond acceptors (Lipinski definition) is 4. The van der Waals surface area contributed by atoms with Crippen molar-refractivity contribution in [3.8, 4) is 0 Å². The molecule has 6 nitrogen and oxygen atoms in total. The van der Waals surface area contributed by atoms with Crippen LogP contribution in [0.5, 0.6) is 0 Å². The van der Waals surface area contributed by atoms with E-state index >= 15 is 0 Å². The third-order valence-corrected chi connectivity index (χ3v) is 4.77. The Morgan fingerprint density at radius 2 is 2.04 bits per heavy atom. The highest BCUT2D eigenvalue weighted by Gasteiger charge is 2.35. The smallest absolute Gasteiger partial charge is 0.317 e. The van der Waals surface area contributed by atoms with Crippen molar-refractivity contribution in [3.63, 3.8) is 0 Å². The number of para-hydroxylation sites is 1. The largest absolute Gasteiger partial charge is 0.480 e. The van der Waals surface area contributed by atoms with Crippen LogP contribution in [0.2, 0.25) is 0 Å². The van der Waals surface area contributed by atoms with E-state index in [4.69, 9.17) is 5.11 Å². The molecule has 24 heavy (non-hydrogen) atoms. The zero-order valence-electron chi connectivity index (χ0n) is 13.8. The van der Waals surface area contributed by atoms with Crippen molar-refractivity contribution in [3.05, 3.63) is 29.8 Å². The van der Waals surface area contributed by atoms with Crippen LogP contribution in [0.3, 0.4) is 0 Å². The van der Waals surface area contributed by atoms with Gasteiger partial charge in [0.25, 0.3) is 0 Å². The summed E-state index contributed by atoms with van der Waals surface area (Å²) in [7, 11) is 0. The standard InChI is InChI=1S/C17H23N3O3.ClH/c1-17(18-10-16(22)23)7-9-19(12-17)11-15(21)20-8-6-13-4-2-3-5-14(13)20;/h2-5,18H,6-12H2,1H3,(H,22,23);1H. The number of carbonyl (C=O) groups excluding carboxylic acids is 1. The van der Waals surface area contributed by atoms with Gasteiger partial charge in [-0.25, -0.2) is 0 Å². The van der Waals surface area contributed by atoms with Crippen LogP contribution in [0, 0.1) is 0 Å². The molecule has 7 heteroatoms. The van der Waals surface area contributed by atoms with Crippen molar-refractivity contribution in [2.75, 3.05) is 37.6 Å². The average molecular weight is 354 g/mol. The first kappa shape index (κ1) is 18.7. The summed E-state index contributed by atoms with van der Waals surface area (Å²) in [5, 5.41) is 11.9. The summed E-state index contributed by atoms with van der Waals surface area (Å²) in [6.45, 7) is 4.62. The summed E-state index contributed by atoms with van der Waals surface area (Å²) >= 11 is 0. The average Bonchev–Trinajstić information content (AvgIpc) is 3.10. The van der Waals surface area contributed by atoms with Gasteiger partial charge in [0.05, 0.1) is 13.1 Å². The van der Waals surface area contributed by atoms with Crippen LogP contribution in [-0.2, 0) is 16.0 Å². The minimum atomic E-state index is -0.852. The fourth-order valence-corrected chi connectivity index (χ4v) is 3.50. The number of nitrogens with zero attached hydrogens (tertiary/aromatic N) is 2. The Balaban J connectivity index is 0.00000208. The van der Waals surface area contributed by atoms with E-state index in [1.807, 2.05) is 30.0 Å². The molecule has 132 valence electrons. The second-order valence-corrected chi connectivity index (χ2v) is 6.69. The van der Waals surface area contributed by atoms with E-state index in [9.17, 15) is 9.59 Å². The van der Waals surface area contributed by atoms with E-state index in [0.29, 0.717) is 13.1 Å². The monoisotopic (exact) mass is 353 g/mol. The normalized spacial score (nSPS) is 23.0. The lowest BCUT2D eigenvalue weighted by Crippen LogP contribution is -2.48. The number of carboxylic acid groups (broad SMARTS) is 1. The molecular formula is C17H24ClN3O3. The molecule has 2 aliphatic heterocycles. The molecule has 1 aromatic carbocycles. The lowest BCUT2D eigenvalue weighted by Gasteiger charge is -2.26. The van der Waals surface area contributed by atoms with Gasteiger partial charge in [0.1, 0.15) is 0 Å². The summed E-state index contributed by atoms with van der Waals surface area (Å²) < 4.78 is 0. The van der Waals surface area contributed by atoms with Crippen molar-refractivity contribution in [2.24, 2.45) is 0 Å². The summed E-state index contributed by atoms with van der Waals surface area (Å²) in [5.74, 6) is -0.730. The topological polar surface area (TPSA) is 72.9 Å². The Kier molecular flexibility index (Phi) is 5.85. The number of rotatable bonds is 5. The molecule has 0 aliphatic carbocycles. The molecule has 2 N–H and O–H groups in total. The van der Waals surface area contributed by atoms with Crippen LogP contribution in [0.15, 0.2) is 24.3 Å². The Labute approximate surface area is 148 Å². The number of anilines is 1. The SMILES string of the molecule is CC1(NCC(=O)O)CCN(CC(=O)N2CCc3ccccc32)C1.Cl. The molecule has 1 fully saturated rings. The second-order valence-electron chi connectivity index (χ2n) is 6.69. The van der Waals surface area contributed by atoms with Gasteiger partial charge in [0, 0.05) is 30.9 Å². The van der Waals surface area contributed by atoms with Gasteiger partial charge in [-0.2, -0.15) is 0 Å². The summed E-state index contributed by atoms with van der Waals surface area (Å²) in [6, 6.07) is 8.05. The van der Waals surface area contributed by atoms with Gasteiger partial charge in [-0.05, 0) is 31.4 Å². The predicted octanol–water partition coefficient (Wildman–Crippen LogP) is 1.14. The molecule has 3 rings (SSSR count). The predicted molar refractivity (Wildman–Crippen MR) is 94.8 cm³/mol. The van der Waals surface area contributed by atoms with E-state index in [-0.39, 0.29) is 30.4 Å². The molecule has 0 saturated carbocycles. The molecule has 1 aromatic rings. The maximum Gasteiger partial charge on any atom is 0.317 e. The Morgan fingerprint density at radius 1 is 1.29 bits per heavy atom. The highest BCUT2D eigenvalue weighted by molar-refractivity contribution is 5.96. The van der Waals surface area contributed by atoms with Gasteiger partial charge in [0.15, 0.2) is 0 Å². The zero-order chi connectivity index (χ0) is 16.4. The number of carboxylic acids is 1. The van der Waals surface area contributed by atoms with E-state index in [1.54, 1.807) is 0 Å². The molecule has 1 atom stereocenters. The Hall–Kier alpha value is -1.63. The van der Waals surface area contributed by atoms with Gasteiger partial charge in [0.2, 0.25) is 5.91 Å². The number of carbonyl (C=O) groups is 2. The first-order valence-electron chi connectivity index (χ1n) is 8.04. The summed E-state index contributed by atoms with van der Waals surface area (Å²) in [6.07, 6.45) is 1.77. The number of aliphatic carboxylic acids is 1. The Morgan fingerprint density at radius 3 is 2.79 bits per heavy atom. The van der Waals surface area contributed by atoms with Crippen LogP contribution in [0.25, 0.3) is 0 Å². The van der Waals surface area contributed by atoms with Crippen LogP contribution < -0.4 is 10.2 Å². The summed E-state index contributed by atoms with van der Waals surface area (Å²) in [5.41, 5.74) is 2.03. The van der Waals surface area contributed by atoms with Gasteiger partial charge in [-0.1, -0.05) is 18.2 Å². The molecule has 1 saturated heterocycles. The number of benzene rings is 1. The third kappa shape index (κ3) is 4.06. The molecule has 1 amide bonds. The van der Waals surface area contributed by atoms with E-state index in [0.717, 1.165) is 31.6 Å². The second kappa shape index (κ2) is 7.51. The molecule has 0 radical (unpaired) electrons. The van der Waals surface area contributed by atoms with Crippen LogP contribution in [0.1, 0.15) is 18.9 Å². The van der Waals surface area contributed by atoms with Gasteiger partial charge < -0.3 is 15.3 Å². The number of amides is 1. The number of likely N-dealkylation sites (tertiary alicyclic amines) is 1. The highest BCUT2D eigenvalue weighted by Crippen LogP contribution is 2.28. The van der Waals surface area contributed by atoms with Crippen molar-refractivity contribution in [1.29, 1.82) is 0 Å². The number of nitrogens with one attached hydrogen (secondary N) is 1. The van der Waals surface area contributed by atoms with Gasteiger partial charge >= 0.3 is 5.97 Å². The van der Waals surface area contributed by atoms with Gasteiger partial charge in [-0.3, -0.25) is 14.5 Å². The minimum absolute atomic E-state index is 0. The lowest BCUT2D eigenvalue weighted by atomic mass is 10.0. The molecule has 2 aliphatic rings. The first-order chi connectivity index (χ1) is 11.0. The Bertz CT molecular complexity index is 625. The maximum absolute atomic E-state index is 12.6. The van der Waals surface area contributed by atoms with E-state index in [1.165, 1.54) is 5.56 Å². The molecule has 2 heterocycles. The maximum atomic E-state index is 12.6.